The van der Waals surface area contributed by atoms with E-state index in [0.29, 0.717) is 0 Å². The van der Waals surface area contributed by atoms with Crippen LogP contribution in [0, 0.1) is 5.92 Å². The summed E-state index contributed by atoms with van der Waals surface area (Å²) in [4.78, 5) is 24.0. The van der Waals surface area contributed by atoms with Crippen LogP contribution in [-0.4, -0.2) is 51.6 Å². The zero-order valence-electron chi connectivity index (χ0n) is 16.9. The SMILES string of the molecule is CCC[C@H]1CCc2sc(C(=O)N3CCN(c4ccc5nccn5n4)CC3)cc2C1. The van der Waals surface area contributed by atoms with Gasteiger partial charge in [0.25, 0.3) is 5.91 Å². The van der Waals surface area contributed by atoms with E-state index in [2.05, 4.69) is 28.0 Å². The van der Waals surface area contributed by atoms with E-state index in [4.69, 9.17) is 0 Å². The Morgan fingerprint density at radius 2 is 2.10 bits per heavy atom. The fourth-order valence-electron chi connectivity index (χ4n) is 4.63. The second-order valence-electron chi connectivity index (χ2n) is 8.16. The maximum Gasteiger partial charge on any atom is 0.264 e. The van der Waals surface area contributed by atoms with E-state index in [1.807, 2.05) is 23.2 Å². The fraction of sp³-hybridized carbons (Fsp3) is 0.500. The van der Waals surface area contributed by atoms with E-state index in [9.17, 15) is 4.79 Å². The first-order valence-corrected chi connectivity index (χ1v) is 11.5. The van der Waals surface area contributed by atoms with Crippen LogP contribution >= 0.6 is 11.3 Å². The summed E-state index contributed by atoms with van der Waals surface area (Å²) in [7, 11) is 0. The number of amides is 1. The standard InChI is InChI=1S/C22H27N5OS/c1-2-3-16-4-5-18-17(14-16)15-19(29-18)22(28)26-12-10-25(11-13-26)21-7-6-20-23-8-9-27(20)24-21/h6-9,15-16H,2-5,10-14H2,1H3/t16-/m0/s1. The van der Waals surface area contributed by atoms with Gasteiger partial charge in [0.05, 0.1) is 4.88 Å². The Morgan fingerprint density at radius 1 is 1.24 bits per heavy atom. The predicted molar refractivity (Wildman–Crippen MR) is 116 cm³/mol. The summed E-state index contributed by atoms with van der Waals surface area (Å²) in [5, 5.41) is 4.63. The van der Waals surface area contributed by atoms with Crippen LogP contribution in [0.3, 0.4) is 0 Å². The van der Waals surface area contributed by atoms with Crippen molar-refractivity contribution in [2.75, 3.05) is 31.1 Å². The van der Waals surface area contributed by atoms with E-state index in [-0.39, 0.29) is 5.91 Å². The summed E-state index contributed by atoms with van der Waals surface area (Å²) >= 11 is 1.73. The quantitative estimate of drug-likeness (QED) is 0.660. The lowest BCUT2D eigenvalue weighted by Crippen LogP contribution is -2.49. The molecule has 3 aromatic rings. The van der Waals surface area contributed by atoms with Gasteiger partial charge in [-0.15, -0.1) is 16.4 Å². The van der Waals surface area contributed by atoms with Gasteiger partial charge in [-0.1, -0.05) is 19.8 Å². The van der Waals surface area contributed by atoms with E-state index in [0.717, 1.165) is 61.3 Å². The van der Waals surface area contributed by atoms with Gasteiger partial charge in [0.2, 0.25) is 0 Å². The maximum absolute atomic E-state index is 13.1. The Morgan fingerprint density at radius 3 is 2.93 bits per heavy atom. The molecule has 1 atom stereocenters. The Balaban J connectivity index is 1.23. The van der Waals surface area contributed by atoms with Crippen LogP contribution in [0.5, 0.6) is 0 Å². The van der Waals surface area contributed by atoms with E-state index in [1.165, 1.54) is 29.7 Å². The van der Waals surface area contributed by atoms with Gasteiger partial charge in [0.15, 0.2) is 5.65 Å². The van der Waals surface area contributed by atoms with Crippen molar-refractivity contribution < 1.29 is 4.79 Å². The van der Waals surface area contributed by atoms with Gasteiger partial charge >= 0.3 is 0 Å². The topological polar surface area (TPSA) is 53.7 Å². The van der Waals surface area contributed by atoms with Crippen LogP contribution < -0.4 is 4.90 Å². The van der Waals surface area contributed by atoms with Crippen molar-refractivity contribution in [3.63, 3.8) is 0 Å². The van der Waals surface area contributed by atoms with E-state index < -0.39 is 0 Å². The third-order valence-corrected chi connectivity index (χ3v) is 7.45. The number of piperazine rings is 1. The minimum Gasteiger partial charge on any atom is -0.352 e. The molecule has 5 rings (SSSR count). The molecule has 29 heavy (non-hydrogen) atoms. The number of hydrogen-bond acceptors (Lipinski definition) is 5. The highest BCUT2D eigenvalue weighted by molar-refractivity contribution is 7.14. The summed E-state index contributed by atoms with van der Waals surface area (Å²) in [6.45, 7) is 5.36. The molecule has 3 aromatic heterocycles. The van der Waals surface area contributed by atoms with Crippen molar-refractivity contribution in [3.05, 3.63) is 45.9 Å². The average molecular weight is 410 g/mol. The molecule has 0 radical (unpaired) electrons. The molecule has 0 unspecified atom stereocenters. The van der Waals surface area contributed by atoms with Crippen molar-refractivity contribution in [3.8, 4) is 0 Å². The second kappa shape index (κ2) is 7.78. The van der Waals surface area contributed by atoms with Crippen LogP contribution in [0.1, 0.15) is 46.3 Å². The van der Waals surface area contributed by atoms with Gasteiger partial charge < -0.3 is 9.80 Å². The van der Waals surface area contributed by atoms with Crippen LogP contribution in [0.2, 0.25) is 0 Å². The van der Waals surface area contributed by atoms with Gasteiger partial charge in [-0.2, -0.15) is 0 Å². The summed E-state index contributed by atoms with van der Waals surface area (Å²) in [5.74, 6) is 1.94. The fourth-order valence-corrected chi connectivity index (χ4v) is 5.80. The van der Waals surface area contributed by atoms with Gasteiger partial charge in [0.1, 0.15) is 5.82 Å². The molecule has 6 nitrogen and oxygen atoms in total. The van der Waals surface area contributed by atoms with Gasteiger partial charge in [-0.3, -0.25) is 4.79 Å². The molecule has 1 saturated heterocycles. The Kier molecular flexibility index (Phi) is 4.99. The number of aryl methyl sites for hydroxylation is 1. The lowest BCUT2D eigenvalue weighted by atomic mass is 9.85. The number of carbonyl (C=O) groups is 1. The first-order valence-electron chi connectivity index (χ1n) is 10.7. The number of imidazole rings is 1. The molecule has 1 aliphatic carbocycles. The Labute approximate surface area is 175 Å². The summed E-state index contributed by atoms with van der Waals surface area (Å²) in [5.41, 5.74) is 2.28. The number of anilines is 1. The van der Waals surface area contributed by atoms with Gasteiger partial charge in [0, 0.05) is 43.4 Å². The maximum atomic E-state index is 13.1. The molecule has 152 valence electrons. The molecule has 1 aliphatic heterocycles. The molecular formula is C22H27N5OS. The summed E-state index contributed by atoms with van der Waals surface area (Å²) in [6.07, 6.45) is 9.76. The highest BCUT2D eigenvalue weighted by atomic mass is 32.1. The minimum atomic E-state index is 0.203. The van der Waals surface area contributed by atoms with Crippen molar-refractivity contribution in [2.45, 2.75) is 39.0 Å². The van der Waals surface area contributed by atoms with Crippen molar-refractivity contribution >= 4 is 28.7 Å². The first-order chi connectivity index (χ1) is 14.2. The molecular weight excluding hydrogens is 382 g/mol. The number of hydrogen-bond donors (Lipinski definition) is 0. The highest BCUT2D eigenvalue weighted by Gasteiger charge is 2.27. The largest absolute Gasteiger partial charge is 0.352 e. The van der Waals surface area contributed by atoms with Crippen molar-refractivity contribution in [2.24, 2.45) is 5.92 Å². The number of rotatable bonds is 4. The Hall–Kier alpha value is -2.41. The molecule has 2 aliphatic rings. The van der Waals surface area contributed by atoms with Crippen LogP contribution in [0.4, 0.5) is 5.82 Å². The normalized spacial score (nSPS) is 19.6. The lowest BCUT2D eigenvalue weighted by molar-refractivity contribution is 0.0751. The molecule has 7 heteroatoms. The monoisotopic (exact) mass is 409 g/mol. The lowest BCUT2D eigenvalue weighted by Gasteiger charge is -2.35. The van der Waals surface area contributed by atoms with Gasteiger partial charge in [-0.25, -0.2) is 9.50 Å². The number of thiophene rings is 1. The number of nitrogens with zero attached hydrogens (tertiary/aromatic N) is 5. The second-order valence-corrected chi connectivity index (χ2v) is 9.29. The van der Waals surface area contributed by atoms with Crippen LogP contribution in [0.15, 0.2) is 30.6 Å². The van der Waals surface area contributed by atoms with Crippen LogP contribution in [0.25, 0.3) is 5.65 Å². The molecule has 0 N–H and O–H groups in total. The van der Waals surface area contributed by atoms with Crippen LogP contribution in [-0.2, 0) is 12.8 Å². The number of fused-ring (bicyclic) bond motifs is 2. The van der Waals surface area contributed by atoms with E-state index >= 15 is 0 Å². The van der Waals surface area contributed by atoms with Crippen molar-refractivity contribution in [1.29, 1.82) is 0 Å². The minimum absolute atomic E-state index is 0.203. The third kappa shape index (κ3) is 3.64. The molecule has 0 spiro atoms. The molecule has 1 amide bonds. The predicted octanol–water partition coefficient (Wildman–Crippen LogP) is 3.66. The summed E-state index contributed by atoms with van der Waals surface area (Å²) < 4.78 is 1.80. The molecule has 0 aromatic carbocycles. The molecule has 0 saturated carbocycles. The Bertz CT molecular complexity index is 1020. The molecule has 4 heterocycles. The number of aromatic nitrogens is 3. The zero-order valence-corrected chi connectivity index (χ0v) is 17.7. The average Bonchev–Trinajstić information content (AvgIpc) is 3.39. The molecule has 0 bridgehead atoms. The number of carbonyl (C=O) groups excluding carboxylic acids is 1. The van der Waals surface area contributed by atoms with Gasteiger partial charge in [-0.05, 0) is 48.9 Å². The van der Waals surface area contributed by atoms with E-state index in [1.54, 1.807) is 22.0 Å². The highest BCUT2D eigenvalue weighted by Crippen LogP contribution is 2.34. The van der Waals surface area contributed by atoms with Crippen molar-refractivity contribution in [1.82, 2.24) is 19.5 Å². The third-order valence-electron chi connectivity index (χ3n) is 6.22. The molecule has 1 fully saturated rings. The smallest absolute Gasteiger partial charge is 0.264 e. The zero-order chi connectivity index (χ0) is 19.8. The summed E-state index contributed by atoms with van der Waals surface area (Å²) in [6, 6.07) is 6.19. The first kappa shape index (κ1) is 18.6.